The van der Waals surface area contributed by atoms with Gasteiger partial charge in [0.2, 0.25) is 0 Å². The van der Waals surface area contributed by atoms with Crippen LogP contribution in [0, 0.1) is 18.8 Å². The van der Waals surface area contributed by atoms with E-state index in [0.717, 1.165) is 12.0 Å². The molecule has 35 heavy (non-hydrogen) atoms. The molecule has 3 atom stereocenters. The molecule has 1 aromatic heterocycles. The Bertz CT molecular complexity index is 1080. The first-order chi connectivity index (χ1) is 16.4. The van der Waals surface area contributed by atoms with E-state index in [1.165, 1.54) is 0 Å². The summed E-state index contributed by atoms with van der Waals surface area (Å²) in [6, 6.07) is 8.68. The minimum absolute atomic E-state index is 0.249. The van der Waals surface area contributed by atoms with Gasteiger partial charge in [0.15, 0.2) is 0 Å². The first-order valence-electron chi connectivity index (χ1n) is 12.6. The molecule has 0 aliphatic heterocycles. The molecule has 0 bridgehead atoms. The molecule has 1 saturated carbocycles. The highest BCUT2D eigenvalue weighted by molar-refractivity contribution is 6.04. The molecule has 0 radical (unpaired) electrons. The lowest BCUT2D eigenvalue weighted by Crippen LogP contribution is -2.50. The fraction of sp³-hybridized carbons (Fsp3) is 0.571. The molecule has 0 unspecified atom stereocenters. The van der Waals surface area contributed by atoms with E-state index in [0.29, 0.717) is 61.0 Å². The number of rotatable bonds is 5. The van der Waals surface area contributed by atoms with Crippen LogP contribution in [0.3, 0.4) is 0 Å². The number of hydrogen-bond acceptors (Lipinski definition) is 3. The zero-order chi connectivity index (χ0) is 25.4. The molecule has 2 aliphatic rings. The highest BCUT2D eigenvalue weighted by Crippen LogP contribution is 2.57. The lowest BCUT2D eigenvalue weighted by atomic mass is 9.55. The van der Waals surface area contributed by atoms with Crippen molar-refractivity contribution >= 4 is 11.6 Å². The van der Waals surface area contributed by atoms with Crippen LogP contribution in [-0.2, 0) is 11.8 Å². The second-order valence-electron chi connectivity index (χ2n) is 11.0. The molecule has 0 saturated heterocycles. The lowest BCUT2D eigenvalue weighted by molar-refractivity contribution is -0.166. The molecule has 7 heteroatoms. The summed E-state index contributed by atoms with van der Waals surface area (Å²) in [7, 11) is 0. The van der Waals surface area contributed by atoms with Crippen LogP contribution >= 0.6 is 0 Å². The number of carbonyl (C=O) groups excluding carboxylic acids is 1. The minimum atomic E-state index is -4.32. The van der Waals surface area contributed by atoms with Crippen molar-refractivity contribution in [2.45, 2.75) is 89.3 Å². The number of alkyl halides is 3. The molecule has 1 fully saturated rings. The van der Waals surface area contributed by atoms with Gasteiger partial charge >= 0.3 is 6.18 Å². The molecular weight excluding hydrogens is 453 g/mol. The van der Waals surface area contributed by atoms with Gasteiger partial charge in [-0.3, -0.25) is 9.78 Å². The predicted octanol–water partition coefficient (Wildman–Crippen LogP) is 6.75. The van der Waals surface area contributed by atoms with Crippen LogP contribution in [0.15, 0.2) is 36.5 Å². The number of hydrogen-bond donors (Lipinski definition) is 2. The number of aryl methyl sites for hydroxylation is 2. The lowest BCUT2D eigenvalue weighted by Gasteiger charge is -2.51. The van der Waals surface area contributed by atoms with Crippen molar-refractivity contribution < 1.29 is 23.1 Å². The van der Waals surface area contributed by atoms with Gasteiger partial charge in [0.25, 0.3) is 5.91 Å². The maximum Gasteiger partial charge on any atom is 0.389 e. The van der Waals surface area contributed by atoms with Crippen LogP contribution < -0.4 is 5.32 Å². The van der Waals surface area contributed by atoms with E-state index in [-0.39, 0.29) is 17.7 Å². The number of anilines is 1. The van der Waals surface area contributed by atoms with Crippen molar-refractivity contribution in [1.82, 2.24) is 4.98 Å². The van der Waals surface area contributed by atoms with E-state index < -0.39 is 23.6 Å². The maximum absolute atomic E-state index is 14.0. The molecule has 1 amide bonds. The Labute approximate surface area is 205 Å². The summed E-state index contributed by atoms with van der Waals surface area (Å²) in [6.07, 6.45) is 0.0972. The topological polar surface area (TPSA) is 62.2 Å². The fourth-order valence-electron chi connectivity index (χ4n) is 6.56. The second-order valence-corrected chi connectivity index (χ2v) is 11.0. The van der Waals surface area contributed by atoms with Gasteiger partial charge in [0.1, 0.15) is 0 Å². The van der Waals surface area contributed by atoms with Gasteiger partial charge in [0.05, 0.1) is 23.4 Å². The van der Waals surface area contributed by atoms with Crippen LogP contribution in [0.1, 0.15) is 86.0 Å². The van der Waals surface area contributed by atoms with E-state index in [1.807, 2.05) is 13.8 Å². The van der Waals surface area contributed by atoms with Gasteiger partial charge in [0, 0.05) is 17.2 Å². The summed E-state index contributed by atoms with van der Waals surface area (Å²) in [4.78, 5) is 17.1. The number of carbonyl (C=O) groups is 1. The Hall–Kier alpha value is -2.41. The minimum Gasteiger partial charge on any atom is -0.390 e. The van der Waals surface area contributed by atoms with E-state index in [9.17, 15) is 23.1 Å². The molecule has 4 rings (SSSR count). The maximum atomic E-state index is 14.0. The van der Waals surface area contributed by atoms with Gasteiger partial charge in [-0.25, -0.2) is 0 Å². The molecule has 0 spiro atoms. The molecule has 2 N–H and O–H groups in total. The number of aliphatic hydroxyl groups is 1. The quantitative estimate of drug-likeness (QED) is 0.490. The van der Waals surface area contributed by atoms with Crippen molar-refractivity contribution in [3.8, 4) is 0 Å². The number of halogens is 3. The first kappa shape index (κ1) is 25.7. The standard InChI is InChI=1S/C28H35F3N2O2/c1-18(2)15-26(35)11-12-27(17-28(29,30)31)22(16-26)7-4-6-20-14-21(9-10-23(20)27)25(34)33-24-8-5-13-32-19(24)3/h5,8-10,13-14,18,22,35H,4,6-7,11-12,15-17H2,1-3H3,(H,33,34)/t22-,26-,27-/m1/s1. The van der Waals surface area contributed by atoms with Crippen LogP contribution in [0.25, 0.3) is 0 Å². The molecule has 4 nitrogen and oxygen atoms in total. The molecular formula is C28H35F3N2O2. The monoisotopic (exact) mass is 488 g/mol. The molecule has 190 valence electrons. The fourth-order valence-corrected chi connectivity index (χ4v) is 6.56. The summed E-state index contributed by atoms with van der Waals surface area (Å²) < 4.78 is 42.0. The predicted molar refractivity (Wildman–Crippen MR) is 130 cm³/mol. The number of fused-ring (bicyclic) bond motifs is 3. The third kappa shape index (κ3) is 5.55. The van der Waals surface area contributed by atoms with Crippen LogP contribution in [0.4, 0.5) is 18.9 Å². The Morgan fingerprint density at radius 1 is 1.26 bits per heavy atom. The number of aromatic nitrogens is 1. The third-order valence-electron chi connectivity index (χ3n) is 7.91. The average molecular weight is 489 g/mol. The number of benzene rings is 1. The first-order valence-corrected chi connectivity index (χ1v) is 12.6. The van der Waals surface area contributed by atoms with Crippen molar-refractivity contribution in [1.29, 1.82) is 0 Å². The third-order valence-corrected chi connectivity index (χ3v) is 7.91. The van der Waals surface area contributed by atoms with Gasteiger partial charge in [-0.05, 0) is 99.1 Å². The van der Waals surface area contributed by atoms with Crippen molar-refractivity contribution in [2.75, 3.05) is 5.32 Å². The number of nitrogens with zero attached hydrogens (tertiary/aromatic N) is 1. The summed E-state index contributed by atoms with van der Waals surface area (Å²) in [5.74, 6) is -0.275. The van der Waals surface area contributed by atoms with E-state index >= 15 is 0 Å². The van der Waals surface area contributed by atoms with Crippen molar-refractivity contribution in [3.63, 3.8) is 0 Å². The SMILES string of the molecule is Cc1ncccc1NC(=O)c1ccc2c(c1)CCC[C@@H]1C[C@](O)(CC(C)C)CC[C@]21CC(F)(F)F. The smallest absolute Gasteiger partial charge is 0.389 e. The van der Waals surface area contributed by atoms with Crippen molar-refractivity contribution in [2.24, 2.45) is 11.8 Å². The summed E-state index contributed by atoms with van der Waals surface area (Å²) in [5.41, 5.74) is 1.28. The molecule has 2 aliphatic carbocycles. The number of nitrogens with one attached hydrogen (secondary N) is 1. The Balaban J connectivity index is 1.69. The number of pyridine rings is 1. The summed E-state index contributed by atoms with van der Waals surface area (Å²) >= 11 is 0. The molecule has 1 aromatic carbocycles. The zero-order valence-electron chi connectivity index (χ0n) is 20.7. The number of amides is 1. The second kappa shape index (κ2) is 9.57. The van der Waals surface area contributed by atoms with Gasteiger partial charge < -0.3 is 10.4 Å². The van der Waals surface area contributed by atoms with Crippen LogP contribution in [-0.4, -0.2) is 27.8 Å². The van der Waals surface area contributed by atoms with E-state index in [4.69, 9.17) is 0 Å². The van der Waals surface area contributed by atoms with Crippen molar-refractivity contribution in [3.05, 3.63) is 58.9 Å². The van der Waals surface area contributed by atoms with Gasteiger partial charge in [-0.15, -0.1) is 0 Å². The highest BCUT2D eigenvalue weighted by atomic mass is 19.4. The highest BCUT2D eigenvalue weighted by Gasteiger charge is 2.55. The van der Waals surface area contributed by atoms with Gasteiger partial charge in [-0.2, -0.15) is 13.2 Å². The van der Waals surface area contributed by atoms with Crippen LogP contribution in [0.2, 0.25) is 0 Å². The van der Waals surface area contributed by atoms with E-state index in [1.54, 1.807) is 43.5 Å². The zero-order valence-corrected chi connectivity index (χ0v) is 20.7. The Morgan fingerprint density at radius 2 is 2.03 bits per heavy atom. The Morgan fingerprint density at radius 3 is 2.71 bits per heavy atom. The largest absolute Gasteiger partial charge is 0.390 e. The summed E-state index contributed by atoms with van der Waals surface area (Å²) in [6.45, 7) is 5.88. The van der Waals surface area contributed by atoms with Gasteiger partial charge in [-0.1, -0.05) is 19.9 Å². The Kier molecular flexibility index (Phi) is 7.02. The summed E-state index contributed by atoms with van der Waals surface area (Å²) in [5, 5.41) is 14.1. The van der Waals surface area contributed by atoms with Crippen LogP contribution in [0.5, 0.6) is 0 Å². The normalized spacial score (nSPS) is 26.6. The molecule has 1 heterocycles. The van der Waals surface area contributed by atoms with E-state index in [2.05, 4.69) is 10.3 Å². The molecule has 2 aromatic rings. The average Bonchev–Trinajstić information content (AvgIpc) is 2.89.